The highest BCUT2D eigenvalue weighted by Gasteiger charge is 2.37. The molecule has 0 spiro atoms. The van der Waals surface area contributed by atoms with Crippen LogP contribution in [0.4, 0.5) is 13.2 Å². The average Bonchev–Trinajstić information content (AvgIpc) is 2.90. The van der Waals surface area contributed by atoms with Gasteiger partial charge in [0.25, 0.3) is 5.91 Å². The second kappa shape index (κ2) is 6.05. The van der Waals surface area contributed by atoms with Crippen molar-refractivity contribution < 1.29 is 22.7 Å². The molecule has 2 aliphatic heterocycles. The van der Waals surface area contributed by atoms with Gasteiger partial charge in [0, 0.05) is 16.0 Å². The number of carbonyl (C=O) groups is 1. The summed E-state index contributed by atoms with van der Waals surface area (Å²) >= 11 is -0.180. The van der Waals surface area contributed by atoms with Crippen LogP contribution in [0.5, 0.6) is 5.75 Å². The minimum Gasteiger partial charge on any atom is -0.483 e. The van der Waals surface area contributed by atoms with E-state index in [9.17, 15) is 18.0 Å². The smallest absolute Gasteiger partial charge is 0.446 e. The molecule has 2 aliphatic rings. The van der Waals surface area contributed by atoms with Crippen LogP contribution in [0.1, 0.15) is 35.3 Å². The lowest BCUT2D eigenvalue weighted by atomic mass is 9.98. The van der Waals surface area contributed by atoms with Crippen molar-refractivity contribution in [2.24, 2.45) is 0 Å². The number of halogens is 3. The summed E-state index contributed by atoms with van der Waals surface area (Å²) in [4.78, 5) is 14.6. The molecule has 0 atom stereocenters. The van der Waals surface area contributed by atoms with Crippen molar-refractivity contribution in [1.29, 1.82) is 0 Å². The molecule has 0 aliphatic carbocycles. The number of nitrogens with zero attached hydrogens (tertiary/aromatic N) is 1. The molecule has 0 fully saturated rings. The van der Waals surface area contributed by atoms with Crippen molar-refractivity contribution in [3.05, 3.63) is 65.2 Å². The maximum Gasteiger partial charge on any atom is 0.446 e. The fourth-order valence-electron chi connectivity index (χ4n) is 3.39. The van der Waals surface area contributed by atoms with Crippen LogP contribution in [0.3, 0.4) is 0 Å². The van der Waals surface area contributed by atoms with Crippen molar-refractivity contribution in [3.8, 4) is 5.75 Å². The van der Waals surface area contributed by atoms with Gasteiger partial charge in [-0.2, -0.15) is 13.2 Å². The molecule has 0 unspecified atom stereocenters. The number of ether oxygens (including phenoxy) is 1. The van der Waals surface area contributed by atoms with Crippen molar-refractivity contribution in [2.75, 3.05) is 0 Å². The van der Waals surface area contributed by atoms with Crippen LogP contribution in [0.15, 0.2) is 53.4 Å². The zero-order chi connectivity index (χ0) is 19.4. The first-order valence-electron chi connectivity index (χ1n) is 8.35. The van der Waals surface area contributed by atoms with E-state index in [0.717, 1.165) is 5.56 Å². The second-order valence-electron chi connectivity index (χ2n) is 6.99. The monoisotopic (exact) mass is 391 g/mol. The van der Waals surface area contributed by atoms with E-state index in [1.165, 1.54) is 18.2 Å². The third kappa shape index (κ3) is 3.43. The van der Waals surface area contributed by atoms with Gasteiger partial charge in [-0.3, -0.25) is 4.79 Å². The quantitative estimate of drug-likeness (QED) is 0.636. The summed E-state index contributed by atoms with van der Waals surface area (Å²) in [6.07, 6.45) is 1.79. The van der Waals surface area contributed by atoms with E-state index in [1.807, 2.05) is 26.0 Å². The number of fused-ring (bicyclic) bond motifs is 2. The molecule has 0 aromatic heterocycles. The Morgan fingerprint density at radius 2 is 1.85 bits per heavy atom. The highest BCUT2D eigenvalue weighted by atomic mass is 32.2. The predicted octanol–water partition coefficient (Wildman–Crippen LogP) is 5.47. The molecule has 0 N–H and O–H groups in total. The number of hydrogen-bond donors (Lipinski definition) is 0. The number of amides is 1. The summed E-state index contributed by atoms with van der Waals surface area (Å²) in [7, 11) is 0. The van der Waals surface area contributed by atoms with Crippen LogP contribution in [0.2, 0.25) is 0 Å². The summed E-state index contributed by atoms with van der Waals surface area (Å²) < 4.78 is 44.3. The molecule has 140 valence electrons. The highest BCUT2D eigenvalue weighted by Crippen LogP contribution is 2.44. The van der Waals surface area contributed by atoms with Gasteiger partial charge in [0.2, 0.25) is 0 Å². The average molecular weight is 391 g/mol. The fourth-order valence-corrected chi connectivity index (χ4v) is 3.97. The first-order chi connectivity index (χ1) is 12.6. The van der Waals surface area contributed by atoms with E-state index in [-0.39, 0.29) is 22.6 Å². The first-order valence-corrected chi connectivity index (χ1v) is 9.16. The lowest BCUT2D eigenvalue weighted by molar-refractivity contribution is -0.0328. The van der Waals surface area contributed by atoms with Crippen molar-refractivity contribution >= 4 is 23.4 Å². The van der Waals surface area contributed by atoms with Gasteiger partial charge in [-0.1, -0.05) is 18.2 Å². The molecule has 3 nitrogen and oxygen atoms in total. The minimum absolute atomic E-state index is 0.0552. The minimum atomic E-state index is -4.38. The van der Waals surface area contributed by atoms with E-state index in [0.29, 0.717) is 29.1 Å². The van der Waals surface area contributed by atoms with Gasteiger partial charge >= 0.3 is 5.51 Å². The third-order valence-electron chi connectivity index (χ3n) is 4.43. The van der Waals surface area contributed by atoms with E-state index < -0.39 is 11.1 Å². The molecule has 0 saturated heterocycles. The summed E-state index contributed by atoms with van der Waals surface area (Å²) in [5.41, 5.74) is -2.49. The Morgan fingerprint density at radius 3 is 2.56 bits per heavy atom. The van der Waals surface area contributed by atoms with E-state index in [4.69, 9.17) is 4.74 Å². The van der Waals surface area contributed by atoms with E-state index in [2.05, 4.69) is 0 Å². The molecular weight excluding hydrogens is 375 g/mol. The molecule has 0 bridgehead atoms. The molecule has 27 heavy (non-hydrogen) atoms. The first kappa shape index (κ1) is 18.0. The van der Waals surface area contributed by atoms with Gasteiger partial charge in [-0.05, 0) is 61.5 Å². The topological polar surface area (TPSA) is 29.5 Å². The van der Waals surface area contributed by atoms with Crippen molar-refractivity contribution in [1.82, 2.24) is 4.90 Å². The Bertz CT molecular complexity index is 966. The highest BCUT2D eigenvalue weighted by molar-refractivity contribution is 8.00. The zero-order valence-corrected chi connectivity index (χ0v) is 15.4. The maximum absolute atomic E-state index is 12.9. The summed E-state index contributed by atoms with van der Waals surface area (Å²) in [6, 6.07) is 11.7. The lowest BCUT2D eigenvalue weighted by Crippen LogP contribution is -2.33. The third-order valence-corrected chi connectivity index (χ3v) is 5.15. The SMILES string of the molecule is CC1(C)C=C(N2Cc3ccccc3C2=O)c2cc(SC(F)(F)F)ccc2O1. The number of thioether (sulfide) groups is 1. The van der Waals surface area contributed by atoms with Crippen LogP contribution in [-0.2, 0) is 6.54 Å². The van der Waals surface area contributed by atoms with Gasteiger partial charge < -0.3 is 9.64 Å². The Hall–Kier alpha value is -2.41. The van der Waals surface area contributed by atoms with Gasteiger partial charge in [0.1, 0.15) is 11.4 Å². The Labute approximate surface area is 158 Å². The largest absolute Gasteiger partial charge is 0.483 e. The van der Waals surface area contributed by atoms with Gasteiger partial charge in [0.15, 0.2) is 0 Å². The number of rotatable bonds is 2. The van der Waals surface area contributed by atoms with Crippen molar-refractivity contribution in [2.45, 2.75) is 36.4 Å². The van der Waals surface area contributed by atoms with Gasteiger partial charge in [0.05, 0.1) is 12.2 Å². The molecule has 1 amide bonds. The maximum atomic E-state index is 12.9. The molecule has 7 heteroatoms. The standard InChI is InChI=1S/C20H16F3NO2S/c1-19(2)10-16(24-11-12-5-3-4-6-14(12)18(24)25)15-9-13(27-20(21,22)23)7-8-17(15)26-19/h3-10H,11H2,1-2H3. The van der Waals surface area contributed by atoms with Crippen LogP contribution in [0.25, 0.3) is 5.70 Å². The predicted molar refractivity (Wildman–Crippen MR) is 97.4 cm³/mol. The summed E-state index contributed by atoms with van der Waals surface area (Å²) in [5.74, 6) is 0.308. The molecule has 4 rings (SSSR count). The second-order valence-corrected chi connectivity index (χ2v) is 8.13. The van der Waals surface area contributed by atoms with Crippen LogP contribution in [0, 0.1) is 0 Å². The van der Waals surface area contributed by atoms with E-state index in [1.54, 1.807) is 23.1 Å². The fraction of sp³-hybridized carbons (Fsp3) is 0.250. The van der Waals surface area contributed by atoms with Gasteiger partial charge in [-0.25, -0.2) is 0 Å². The summed E-state index contributed by atoms with van der Waals surface area (Å²) in [6.45, 7) is 4.08. The van der Waals surface area contributed by atoms with Crippen LogP contribution in [-0.4, -0.2) is 21.9 Å². The molecule has 0 radical (unpaired) electrons. The van der Waals surface area contributed by atoms with Gasteiger partial charge in [-0.15, -0.1) is 0 Å². The number of benzene rings is 2. The molecular formula is C20H16F3NO2S. The van der Waals surface area contributed by atoms with Crippen molar-refractivity contribution in [3.63, 3.8) is 0 Å². The molecule has 2 aromatic carbocycles. The Kier molecular flexibility index (Phi) is 4.03. The lowest BCUT2D eigenvalue weighted by Gasteiger charge is -2.34. The molecule has 2 heterocycles. The molecule has 0 saturated carbocycles. The van der Waals surface area contributed by atoms with E-state index >= 15 is 0 Å². The number of hydrogen-bond acceptors (Lipinski definition) is 3. The normalized spacial score (nSPS) is 17.9. The molecule has 2 aromatic rings. The summed E-state index contributed by atoms with van der Waals surface area (Å²) in [5, 5.41) is 0. The van der Waals surface area contributed by atoms with Crippen LogP contribution >= 0.6 is 11.8 Å². The van der Waals surface area contributed by atoms with Crippen LogP contribution < -0.4 is 4.74 Å². The Morgan fingerprint density at radius 1 is 1.11 bits per heavy atom. The zero-order valence-electron chi connectivity index (χ0n) is 14.6. The number of alkyl halides is 3. The Balaban J connectivity index is 1.78. The number of carbonyl (C=O) groups excluding carboxylic acids is 1.